The summed E-state index contributed by atoms with van der Waals surface area (Å²) in [6.07, 6.45) is 3.32. The monoisotopic (exact) mass is 410 g/mol. The second kappa shape index (κ2) is 7.92. The number of benzene rings is 2. The van der Waals surface area contributed by atoms with Crippen LogP contribution in [0.25, 0.3) is 10.6 Å². The number of hydrogen-bond donors (Lipinski definition) is 1. The molecule has 2 aromatic heterocycles. The van der Waals surface area contributed by atoms with E-state index in [2.05, 4.69) is 15.3 Å². The van der Waals surface area contributed by atoms with Crippen molar-refractivity contribution in [1.29, 1.82) is 0 Å². The summed E-state index contributed by atoms with van der Waals surface area (Å²) in [5, 5.41) is 5.04. The Labute approximate surface area is 169 Å². The number of amides is 1. The van der Waals surface area contributed by atoms with E-state index in [0.717, 1.165) is 0 Å². The van der Waals surface area contributed by atoms with Gasteiger partial charge in [-0.25, -0.2) is 18.7 Å². The molecule has 0 aliphatic carbocycles. The van der Waals surface area contributed by atoms with Gasteiger partial charge < -0.3 is 9.88 Å². The summed E-state index contributed by atoms with van der Waals surface area (Å²) in [7, 11) is 1.78. The molecule has 5 nitrogen and oxygen atoms in total. The summed E-state index contributed by atoms with van der Waals surface area (Å²) >= 11 is 1.27. The first-order valence-electron chi connectivity index (χ1n) is 8.77. The number of aryl methyl sites for hydroxylation is 1. The van der Waals surface area contributed by atoms with Gasteiger partial charge in [-0.2, -0.15) is 0 Å². The van der Waals surface area contributed by atoms with Crippen LogP contribution in [0.5, 0.6) is 0 Å². The van der Waals surface area contributed by atoms with Crippen molar-refractivity contribution in [3.63, 3.8) is 0 Å². The van der Waals surface area contributed by atoms with Gasteiger partial charge in [0.1, 0.15) is 34.2 Å². The maximum atomic E-state index is 14.4. The maximum Gasteiger partial charge on any atom is 0.271 e. The van der Waals surface area contributed by atoms with E-state index in [4.69, 9.17) is 0 Å². The first-order chi connectivity index (χ1) is 14.0. The smallest absolute Gasteiger partial charge is 0.271 e. The van der Waals surface area contributed by atoms with E-state index in [1.54, 1.807) is 59.7 Å². The summed E-state index contributed by atoms with van der Waals surface area (Å²) in [6, 6.07) is 11.4. The summed E-state index contributed by atoms with van der Waals surface area (Å²) in [5.74, 6) is -0.736. The van der Waals surface area contributed by atoms with Crippen LogP contribution in [-0.2, 0) is 7.05 Å². The van der Waals surface area contributed by atoms with Crippen LogP contribution < -0.4 is 5.32 Å². The lowest BCUT2D eigenvalue weighted by Gasteiger charge is -2.19. The Morgan fingerprint density at radius 2 is 1.90 bits per heavy atom. The minimum absolute atomic E-state index is 0.199. The van der Waals surface area contributed by atoms with E-state index >= 15 is 0 Å². The fraction of sp³-hybridized carbons (Fsp3) is 0.0952. The molecule has 0 saturated heterocycles. The highest BCUT2D eigenvalue weighted by molar-refractivity contribution is 7.13. The van der Waals surface area contributed by atoms with Gasteiger partial charge in [0.05, 0.1) is 0 Å². The van der Waals surface area contributed by atoms with Crippen LogP contribution in [0.1, 0.15) is 27.9 Å². The molecule has 2 heterocycles. The first kappa shape index (κ1) is 18.9. The lowest BCUT2D eigenvalue weighted by atomic mass is 10.1. The van der Waals surface area contributed by atoms with Crippen molar-refractivity contribution in [3.8, 4) is 10.6 Å². The van der Waals surface area contributed by atoms with E-state index in [1.165, 1.54) is 29.5 Å². The number of rotatable bonds is 5. The molecule has 4 rings (SSSR count). The van der Waals surface area contributed by atoms with Crippen LogP contribution in [0, 0.1) is 11.6 Å². The van der Waals surface area contributed by atoms with Gasteiger partial charge in [-0.3, -0.25) is 4.79 Å². The van der Waals surface area contributed by atoms with Crippen LogP contribution >= 0.6 is 11.3 Å². The third-order valence-corrected chi connectivity index (χ3v) is 5.33. The molecule has 2 aromatic carbocycles. The Bertz CT molecular complexity index is 1150. The summed E-state index contributed by atoms with van der Waals surface area (Å²) in [6.45, 7) is 0. The summed E-state index contributed by atoms with van der Waals surface area (Å²) in [4.78, 5) is 21.5. The molecule has 0 spiro atoms. The van der Waals surface area contributed by atoms with E-state index in [-0.39, 0.29) is 11.5 Å². The zero-order valence-electron chi connectivity index (χ0n) is 15.3. The lowest BCUT2D eigenvalue weighted by Crippen LogP contribution is -2.31. The standard InChI is InChI=1S/C21H16F2N4OS/c1-27-11-10-24-19(27)18(15-4-2-3-5-16(15)23)26-20(28)17-12-29-21(25-17)13-6-8-14(22)9-7-13/h2-12,18H,1H3,(H,26,28). The number of hydrogen-bond acceptors (Lipinski definition) is 4. The number of nitrogens with one attached hydrogen (secondary N) is 1. The molecule has 1 N–H and O–H groups in total. The fourth-order valence-electron chi connectivity index (χ4n) is 2.95. The van der Waals surface area contributed by atoms with E-state index < -0.39 is 17.8 Å². The van der Waals surface area contributed by atoms with Gasteiger partial charge in [0.25, 0.3) is 5.91 Å². The van der Waals surface area contributed by atoms with Crippen molar-refractivity contribution in [2.45, 2.75) is 6.04 Å². The second-order valence-electron chi connectivity index (χ2n) is 6.37. The van der Waals surface area contributed by atoms with Gasteiger partial charge in [-0.1, -0.05) is 18.2 Å². The van der Waals surface area contributed by atoms with Crippen LogP contribution in [-0.4, -0.2) is 20.4 Å². The molecule has 0 saturated carbocycles. The topological polar surface area (TPSA) is 59.8 Å². The van der Waals surface area contributed by atoms with Crippen LogP contribution in [0.2, 0.25) is 0 Å². The van der Waals surface area contributed by atoms with E-state index in [1.807, 2.05) is 0 Å². The highest BCUT2D eigenvalue weighted by Crippen LogP contribution is 2.26. The normalized spacial score (nSPS) is 12.0. The average Bonchev–Trinajstić information content (AvgIpc) is 3.37. The minimum atomic E-state index is -0.778. The van der Waals surface area contributed by atoms with Crippen LogP contribution in [0.3, 0.4) is 0 Å². The molecule has 0 aliphatic rings. The van der Waals surface area contributed by atoms with Gasteiger partial charge in [0, 0.05) is 35.9 Å². The predicted molar refractivity (Wildman–Crippen MR) is 106 cm³/mol. The van der Waals surface area contributed by atoms with Gasteiger partial charge in [0.15, 0.2) is 0 Å². The number of aromatic nitrogens is 3. The maximum absolute atomic E-state index is 14.4. The van der Waals surface area contributed by atoms with Crippen molar-refractivity contribution >= 4 is 17.2 Å². The van der Waals surface area contributed by atoms with Crippen LogP contribution in [0.4, 0.5) is 8.78 Å². The fourth-order valence-corrected chi connectivity index (χ4v) is 3.76. The number of halogens is 2. The Morgan fingerprint density at radius 3 is 2.59 bits per heavy atom. The van der Waals surface area contributed by atoms with Crippen molar-refractivity contribution in [1.82, 2.24) is 19.9 Å². The van der Waals surface area contributed by atoms with Gasteiger partial charge in [-0.15, -0.1) is 11.3 Å². The number of nitrogens with zero attached hydrogens (tertiary/aromatic N) is 3. The molecular weight excluding hydrogens is 394 g/mol. The van der Waals surface area contributed by atoms with E-state index in [0.29, 0.717) is 22.0 Å². The zero-order valence-corrected chi connectivity index (χ0v) is 16.2. The molecule has 4 aromatic rings. The molecule has 1 atom stereocenters. The van der Waals surface area contributed by atoms with Gasteiger partial charge >= 0.3 is 0 Å². The van der Waals surface area contributed by atoms with Crippen LogP contribution in [0.15, 0.2) is 66.3 Å². The van der Waals surface area contributed by atoms with E-state index in [9.17, 15) is 13.6 Å². The Balaban J connectivity index is 1.63. The molecule has 0 aliphatic heterocycles. The largest absolute Gasteiger partial charge is 0.337 e. The zero-order chi connectivity index (χ0) is 20.4. The summed E-state index contributed by atoms with van der Waals surface area (Å²) in [5.41, 5.74) is 1.22. The van der Waals surface area contributed by atoms with Crippen molar-refractivity contribution < 1.29 is 13.6 Å². The second-order valence-corrected chi connectivity index (χ2v) is 7.23. The van der Waals surface area contributed by atoms with Gasteiger partial charge in [-0.05, 0) is 30.3 Å². The molecule has 0 bridgehead atoms. The third kappa shape index (κ3) is 3.93. The molecule has 1 unspecified atom stereocenters. The minimum Gasteiger partial charge on any atom is -0.337 e. The Kier molecular flexibility index (Phi) is 5.18. The highest BCUT2D eigenvalue weighted by Gasteiger charge is 2.25. The third-order valence-electron chi connectivity index (χ3n) is 4.44. The Hall–Kier alpha value is -3.39. The number of carbonyl (C=O) groups is 1. The number of imidazole rings is 1. The van der Waals surface area contributed by atoms with Gasteiger partial charge in [0.2, 0.25) is 0 Å². The first-order valence-corrected chi connectivity index (χ1v) is 9.65. The lowest BCUT2D eigenvalue weighted by molar-refractivity contribution is 0.0936. The predicted octanol–water partition coefficient (Wildman–Crippen LogP) is 4.34. The Morgan fingerprint density at radius 1 is 1.14 bits per heavy atom. The van der Waals surface area contributed by atoms with Crippen molar-refractivity contribution in [3.05, 3.63) is 95.0 Å². The molecule has 8 heteroatoms. The molecule has 146 valence electrons. The van der Waals surface area contributed by atoms with Crippen molar-refractivity contribution in [2.75, 3.05) is 0 Å². The summed E-state index contributed by atoms with van der Waals surface area (Å²) < 4.78 is 29.3. The highest BCUT2D eigenvalue weighted by atomic mass is 32.1. The van der Waals surface area contributed by atoms with Crippen molar-refractivity contribution in [2.24, 2.45) is 7.05 Å². The molecule has 0 radical (unpaired) electrons. The number of carbonyl (C=O) groups excluding carboxylic acids is 1. The SMILES string of the molecule is Cn1ccnc1C(NC(=O)c1csc(-c2ccc(F)cc2)n1)c1ccccc1F. The molecule has 29 heavy (non-hydrogen) atoms. The average molecular weight is 410 g/mol. The number of thiazole rings is 1. The molecule has 0 fully saturated rings. The quantitative estimate of drug-likeness (QED) is 0.532. The molecular formula is C21H16F2N4OS. The molecule has 1 amide bonds.